The van der Waals surface area contributed by atoms with Gasteiger partial charge in [-0.25, -0.2) is 9.07 Å². The quantitative estimate of drug-likeness (QED) is 0.714. The molecule has 0 bridgehead atoms. The van der Waals surface area contributed by atoms with Crippen molar-refractivity contribution < 1.29 is 9.50 Å². The van der Waals surface area contributed by atoms with Gasteiger partial charge in [-0.15, -0.1) is 0 Å². The second kappa shape index (κ2) is 7.52. The van der Waals surface area contributed by atoms with Gasteiger partial charge in [-0.1, -0.05) is 0 Å². The molecule has 1 saturated carbocycles. The number of rotatable bonds is 4. The highest BCUT2D eigenvalue weighted by molar-refractivity contribution is 5.82. The molecule has 2 N–H and O–H groups in total. The van der Waals surface area contributed by atoms with E-state index in [1.165, 1.54) is 23.3 Å². The number of fused-ring (bicyclic) bond motifs is 1. The highest BCUT2D eigenvalue weighted by Gasteiger charge is 2.33. The Morgan fingerprint density at radius 3 is 2.76 bits per heavy atom. The van der Waals surface area contributed by atoms with Crippen LogP contribution in [0.2, 0.25) is 0 Å². The topological polar surface area (TPSA) is 53.3 Å². The number of aliphatic hydroxyl groups excluding tert-OH is 1. The Bertz CT molecular complexity index is 1010. The zero-order valence-electron chi connectivity index (χ0n) is 16.7. The van der Waals surface area contributed by atoms with E-state index >= 15 is 0 Å². The van der Waals surface area contributed by atoms with E-state index in [4.69, 9.17) is 0 Å². The monoisotopic (exact) mass is 394 g/mol. The van der Waals surface area contributed by atoms with E-state index in [-0.39, 0.29) is 11.9 Å². The molecule has 2 aromatic carbocycles. The van der Waals surface area contributed by atoms with Gasteiger partial charge in [0.1, 0.15) is 5.82 Å². The van der Waals surface area contributed by atoms with E-state index in [2.05, 4.69) is 34.4 Å². The Hall–Kier alpha value is -2.28. The first-order valence-corrected chi connectivity index (χ1v) is 10.5. The lowest BCUT2D eigenvalue weighted by molar-refractivity contribution is 0.0122. The Kier molecular flexibility index (Phi) is 4.86. The van der Waals surface area contributed by atoms with Crippen molar-refractivity contribution in [2.45, 2.75) is 31.9 Å². The number of aliphatic hydroxyl groups is 1. The van der Waals surface area contributed by atoms with Gasteiger partial charge in [0.2, 0.25) is 0 Å². The highest BCUT2D eigenvalue weighted by atomic mass is 19.1. The van der Waals surface area contributed by atoms with Crippen molar-refractivity contribution in [1.29, 1.82) is 0 Å². The zero-order chi connectivity index (χ0) is 20.0. The molecule has 2 fully saturated rings. The van der Waals surface area contributed by atoms with Crippen LogP contribution >= 0.6 is 0 Å². The normalized spacial score (nSPS) is 25.3. The highest BCUT2D eigenvalue weighted by Crippen LogP contribution is 2.34. The Morgan fingerprint density at radius 1 is 1.21 bits per heavy atom. The smallest absolute Gasteiger partial charge is 0.123 e. The first kappa shape index (κ1) is 18.7. The van der Waals surface area contributed by atoms with E-state index in [0.29, 0.717) is 12.0 Å². The molecule has 2 aliphatic rings. The summed E-state index contributed by atoms with van der Waals surface area (Å²) in [6.45, 7) is 6.19. The molecule has 152 valence electrons. The second-order valence-electron chi connectivity index (χ2n) is 8.51. The van der Waals surface area contributed by atoms with Crippen LogP contribution in [0.3, 0.4) is 0 Å². The summed E-state index contributed by atoms with van der Waals surface area (Å²) in [5, 5.41) is 18.8. The summed E-state index contributed by atoms with van der Waals surface area (Å²) < 4.78 is 15.2. The van der Waals surface area contributed by atoms with E-state index in [1.807, 2.05) is 10.9 Å². The van der Waals surface area contributed by atoms with Crippen LogP contribution in [0.25, 0.3) is 16.6 Å². The van der Waals surface area contributed by atoms with Crippen LogP contribution < -0.4 is 5.32 Å². The van der Waals surface area contributed by atoms with Gasteiger partial charge in [0.05, 0.1) is 23.5 Å². The lowest BCUT2D eigenvalue weighted by atomic mass is 9.81. The summed E-state index contributed by atoms with van der Waals surface area (Å²) >= 11 is 0. The molecule has 1 saturated heterocycles. The van der Waals surface area contributed by atoms with Gasteiger partial charge in [0.25, 0.3) is 0 Å². The van der Waals surface area contributed by atoms with Crippen LogP contribution in [-0.4, -0.2) is 52.1 Å². The summed E-state index contributed by atoms with van der Waals surface area (Å²) in [5.41, 5.74) is 4.48. The van der Waals surface area contributed by atoms with Crippen LogP contribution in [0, 0.1) is 18.7 Å². The lowest BCUT2D eigenvalue weighted by Gasteiger charge is -2.42. The van der Waals surface area contributed by atoms with Crippen molar-refractivity contribution in [2.24, 2.45) is 5.92 Å². The second-order valence-corrected chi connectivity index (χ2v) is 8.51. The molecule has 6 heteroatoms. The first-order chi connectivity index (χ1) is 14.1. The number of benzene rings is 2. The molecule has 3 aromatic rings. The van der Waals surface area contributed by atoms with Crippen molar-refractivity contribution in [1.82, 2.24) is 20.0 Å². The summed E-state index contributed by atoms with van der Waals surface area (Å²) in [7, 11) is 0. The van der Waals surface area contributed by atoms with E-state index in [1.54, 1.807) is 12.1 Å². The molecule has 29 heavy (non-hydrogen) atoms. The lowest BCUT2D eigenvalue weighted by Crippen LogP contribution is -2.49. The summed E-state index contributed by atoms with van der Waals surface area (Å²) in [4.78, 5) is 2.58. The van der Waals surface area contributed by atoms with Crippen molar-refractivity contribution in [2.75, 3.05) is 26.2 Å². The van der Waals surface area contributed by atoms with Crippen LogP contribution in [0.1, 0.15) is 30.0 Å². The summed E-state index contributed by atoms with van der Waals surface area (Å²) in [6.07, 6.45) is 3.65. The van der Waals surface area contributed by atoms with Crippen molar-refractivity contribution in [3.63, 3.8) is 0 Å². The fourth-order valence-corrected chi connectivity index (χ4v) is 4.80. The van der Waals surface area contributed by atoms with Crippen molar-refractivity contribution >= 4 is 10.9 Å². The molecular weight excluding hydrogens is 367 g/mol. The molecule has 1 aliphatic carbocycles. The maximum absolute atomic E-state index is 13.3. The fraction of sp³-hybridized carbons (Fsp3) is 0.435. The van der Waals surface area contributed by atoms with Crippen LogP contribution in [0.4, 0.5) is 4.39 Å². The molecular formula is C23H27FN4O. The molecule has 5 nitrogen and oxygen atoms in total. The Balaban J connectivity index is 1.46. The fourth-order valence-electron chi connectivity index (χ4n) is 4.80. The predicted molar refractivity (Wildman–Crippen MR) is 112 cm³/mol. The molecule has 1 aromatic heterocycles. The SMILES string of the molecule is Cc1cc2c(cnn2-c2ccc(F)cc2)cc1[C@@H]1CNCCN1CC1CC(O)C1. The molecule has 0 unspecified atom stereocenters. The average molecular weight is 394 g/mol. The van der Waals surface area contributed by atoms with Crippen LogP contribution in [0.5, 0.6) is 0 Å². The van der Waals surface area contributed by atoms with Crippen LogP contribution in [0.15, 0.2) is 42.6 Å². The van der Waals surface area contributed by atoms with E-state index < -0.39 is 0 Å². The standard InChI is InChI=1S/C23H27FN4O/c1-15-8-22-17(12-26-28(22)19-4-2-18(24)3-5-19)11-21(15)23-13-25-6-7-27(23)14-16-9-20(29)10-16/h2-5,8,11-12,16,20,23,25,29H,6-7,9-10,13-14H2,1H3/t16?,20?,23-/m0/s1. The van der Waals surface area contributed by atoms with Gasteiger partial charge in [-0.3, -0.25) is 4.90 Å². The third-order valence-corrected chi connectivity index (χ3v) is 6.44. The third-order valence-electron chi connectivity index (χ3n) is 6.44. The minimum absolute atomic E-state index is 0.100. The molecule has 5 rings (SSSR count). The molecule has 1 atom stereocenters. The predicted octanol–water partition coefficient (Wildman–Crippen LogP) is 3.19. The van der Waals surface area contributed by atoms with E-state index in [9.17, 15) is 9.50 Å². The zero-order valence-corrected chi connectivity index (χ0v) is 16.7. The Morgan fingerprint density at radius 2 is 2.00 bits per heavy atom. The summed E-state index contributed by atoms with van der Waals surface area (Å²) in [5.74, 6) is 0.364. The van der Waals surface area contributed by atoms with Crippen LogP contribution in [-0.2, 0) is 0 Å². The van der Waals surface area contributed by atoms with Crippen molar-refractivity contribution in [3.8, 4) is 5.69 Å². The van der Waals surface area contributed by atoms with Gasteiger partial charge in [0, 0.05) is 37.6 Å². The van der Waals surface area contributed by atoms with E-state index in [0.717, 1.165) is 55.6 Å². The number of aromatic nitrogens is 2. The molecule has 0 spiro atoms. The number of nitrogens with zero attached hydrogens (tertiary/aromatic N) is 3. The van der Waals surface area contributed by atoms with Crippen molar-refractivity contribution in [3.05, 3.63) is 59.5 Å². The average Bonchev–Trinajstić information content (AvgIpc) is 3.10. The minimum atomic E-state index is -0.243. The van der Waals surface area contributed by atoms with Gasteiger partial charge in [-0.2, -0.15) is 5.10 Å². The Labute approximate surface area is 170 Å². The number of piperazine rings is 1. The largest absolute Gasteiger partial charge is 0.393 e. The van der Waals surface area contributed by atoms with Gasteiger partial charge in [0.15, 0.2) is 0 Å². The number of aryl methyl sites for hydroxylation is 1. The van der Waals surface area contributed by atoms with Gasteiger partial charge >= 0.3 is 0 Å². The maximum atomic E-state index is 13.3. The third kappa shape index (κ3) is 3.56. The van der Waals surface area contributed by atoms with Gasteiger partial charge < -0.3 is 10.4 Å². The number of nitrogens with one attached hydrogen (secondary N) is 1. The maximum Gasteiger partial charge on any atom is 0.123 e. The number of hydrogen-bond donors (Lipinski definition) is 2. The molecule has 1 aliphatic heterocycles. The minimum Gasteiger partial charge on any atom is -0.393 e. The summed E-state index contributed by atoms with van der Waals surface area (Å²) in [6, 6.07) is 11.2. The molecule has 0 amide bonds. The first-order valence-electron chi connectivity index (χ1n) is 10.5. The molecule has 0 radical (unpaired) electrons. The number of hydrogen-bond acceptors (Lipinski definition) is 4. The molecule has 2 heterocycles. The number of halogens is 1. The van der Waals surface area contributed by atoms with Gasteiger partial charge in [-0.05, 0) is 73.2 Å².